The topological polar surface area (TPSA) is 128 Å². The van der Waals surface area contributed by atoms with Crippen molar-refractivity contribution < 1.29 is 9.53 Å². The number of nitrogens with two attached hydrogens (primary N) is 2. The van der Waals surface area contributed by atoms with Crippen molar-refractivity contribution in [2.75, 3.05) is 29.2 Å². The molecule has 0 radical (unpaired) electrons. The Balaban J connectivity index is 1.49. The summed E-state index contributed by atoms with van der Waals surface area (Å²) in [4.78, 5) is 20.9. The van der Waals surface area contributed by atoms with E-state index in [9.17, 15) is 4.79 Å². The molecule has 0 fully saturated rings. The molecule has 0 aliphatic heterocycles. The monoisotopic (exact) mass is 426 g/mol. The molecule has 1 heterocycles. The number of carbonyl (C=O) groups excluding carboxylic acids is 1. The lowest BCUT2D eigenvalue weighted by Gasteiger charge is -2.11. The number of ether oxygens (including phenoxy) is 1. The standard InChI is InChI=1S/C24H22N6O2/c1-32-21-5-3-2-4-19(21)20-14-22(30-24(26)29-20)27-17-10-12-18(13-11-17)28-23(31)15-6-8-16(25)9-7-15/h2-14H,25H2,1H3,(H,28,31)(H3,26,27,29,30). The van der Waals surface area contributed by atoms with Crippen LogP contribution in [0.4, 0.5) is 28.8 Å². The maximum atomic E-state index is 12.4. The first kappa shape index (κ1) is 20.7. The molecule has 1 aromatic heterocycles. The Labute approximate surface area is 185 Å². The average Bonchev–Trinajstić information content (AvgIpc) is 2.80. The first-order valence-electron chi connectivity index (χ1n) is 9.84. The second-order valence-electron chi connectivity index (χ2n) is 6.98. The summed E-state index contributed by atoms with van der Waals surface area (Å²) in [6, 6.07) is 23.3. The predicted molar refractivity (Wildman–Crippen MR) is 127 cm³/mol. The molecule has 0 spiro atoms. The summed E-state index contributed by atoms with van der Waals surface area (Å²) in [5, 5.41) is 6.07. The minimum atomic E-state index is -0.212. The molecule has 8 heteroatoms. The summed E-state index contributed by atoms with van der Waals surface area (Å²) in [7, 11) is 1.61. The quantitative estimate of drug-likeness (QED) is 0.338. The number of amides is 1. The number of methoxy groups -OCH3 is 1. The summed E-state index contributed by atoms with van der Waals surface area (Å²) in [5.41, 5.74) is 15.6. The van der Waals surface area contributed by atoms with E-state index in [4.69, 9.17) is 16.2 Å². The highest BCUT2D eigenvalue weighted by Gasteiger charge is 2.10. The van der Waals surface area contributed by atoms with Gasteiger partial charge in [-0.3, -0.25) is 4.79 Å². The van der Waals surface area contributed by atoms with Gasteiger partial charge in [0.15, 0.2) is 0 Å². The molecule has 0 saturated carbocycles. The number of anilines is 5. The molecule has 0 saturated heterocycles. The molecule has 0 unspecified atom stereocenters. The van der Waals surface area contributed by atoms with Gasteiger partial charge in [-0.1, -0.05) is 12.1 Å². The van der Waals surface area contributed by atoms with Crippen LogP contribution in [-0.2, 0) is 0 Å². The molecule has 1 amide bonds. The molecule has 32 heavy (non-hydrogen) atoms. The number of nitrogens with one attached hydrogen (secondary N) is 2. The van der Waals surface area contributed by atoms with E-state index >= 15 is 0 Å². The highest BCUT2D eigenvalue weighted by Crippen LogP contribution is 2.30. The van der Waals surface area contributed by atoms with E-state index in [1.54, 1.807) is 49.6 Å². The number of benzene rings is 3. The van der Waals surface area contributed by atoms with Crippen LogP contribution in [0.5, 0.6) is 5.75 Å². The highest BCUT2D eigenvalue weighted by molar-refractivity contribution is 6.04. The second-order valence-corrected chi connectivity index (χ2v) is 6.98. The van der Waals surface area contributed by atoms with E-state index in [1.807, 2.05) is 36.4 Å². The number of aromatic nitrogens is 2. The van der Waals surface area contributed by atoms with Gasteiger partial charge in [0.25, 0.3) is 5.91 Å². The third-order valence-corrected chi connectivity index (χ3v) is 4.71. The van der Waals surface area contributed by atoms with Gasteiger partial charge >= 0.3 is 0 Å². The van der Waals surface area contributed by atoms with Crippen molar-refractivity contribution in [3.8, 4) is 17.0 Å². The van der Waals surface area contributed by atoms with Crippen LogP contribution in [0.25, 0.3) is 11.3 Å². The van der Waals surface area contributed by atoms with Crippen LogP contribution in [0, 0.1) is 0 Å². The second kappa shape index (κ2) is 9.05. The summed E-state index contributed by atoms with van der Waals surface area (Å²) in [5.74, 6) is 1.16. The fraction of sp³-hybridized carbons (Fsp3) is 0.0417. The summed E-state index contributed by atoms with van der Waals surface area (Å²) < 4.78 is 5.42. The number of rotatable bonds is 6. The van der Waals surface area contributed by atoms with E-state index in [1.165, 1.54) is 0 Å². The van der Waals surface area contributed by atoms with Crippen LogP contribution >= 0.6 is 0 Å². The van der Waals surface area contributed by atoms with Gasteiger partial charge in [0.05, 0.1) is 12.8 Å². The minimum Gasteiger partial charge on any atom is -0.496 e. The number of nitrogen functional groups attached to an aromatic ring is 2. The molecule has 0 bridgehead atoms. The minimum absolute atomic E-state index is 0.142. The molecule has 0 aliphatic rings. The largest absolute Gasteiger partial charge is 0.496 e. The highest BCUT2D eigenvalue weighted by atomic mass is 16.5. The normalized spacial score (nSPS) is 10.4. The third kappa shape index (κ3) is 4.76. The van der Waals surface area contributed by atoms with Crippen molar-refractivity contribution >= 4 is 34.7 Å². The number of nitrogens with zero attached hydrogens (tertiary/aromatic N) is 2. The Morgan fingerprint density at radius 2 is 1.56 bits per heavy atom. The van der Waals surface area contributed by atoms with Crippen molar-refractivity contribution in [2.45, 2.75) is 0 Å². The number of para-hydroxylation sites is 1. The van der Waals surface area contributed by atoms with Crippen molar-refractivity contribution in [3.63, 3.8) is 0 Å². The van der Waals surface area contributed by atoms with Crippen LogP contribution in [0.1, 0.15) is 10.4 Å². The number of carbonyl (C=O) groups is 1. The van der Waals surface area contributed by atoms with Gasteiger partial charge in [0, 0.05) is 34.3 Å². The fourth-order valence-corrected chi connectivity index (χ4v) is 3.15. The number of hydrogen-bond donors (Lipinski definition) is 4. The SMILES string of the molecule is COc1ccccc1-c1cc(Nc2ccc(NC(=O)c3ccc(N)cc3)cc2)nc(N)n1. The Bertz CT molecular complexity index is 1240. The van der Waals surface area contributed by atoms with Gasteiger partial charge in [-0.15, -0.1) is 0 Å². The molecule has 4 rings (SSSR count). The Kier molecular flexibility index (Phi) is 5.85. The molecule has 6 N–H and O–H groups in total. The van der Waals surface area contributed by atoms with Crippen LogP contribution in [0.15, 0.2) is 78.9 Å². The molecule has 4 aromatic rings. The van der Waals surface area contributed by atoms with Crippen molar-refractivity contribution in [1.82, 2.24) is 9.97 Å². The maximum absolute atomic E-state index is 12.4. The molecule has 0 aliphatic carbocycles. The smallest absolute Gasteiger partial charge is 0.255 e. The van der Waals surface area contributed by atoms with Crippen molar-refractivity contribution in [1.29, 1.82) is 0 Å². The Hall–Kier alpha value is -4.59. The molecule has 0 atom stereocenters. The third-order valence-electron chi connectivity index (χ3n) is 4.71. The van der Waals surface area contributed by atoms with Gasteiger partial charge in [-0.25, -0.2) is 4.98 Å². The molecule has 3 aromatic carbocycles. The lowest BCUT2D eigenvalue weighted by atomic mass is 10.1. The summed E-state index contributed by atoms with van der Waals surface area (Å²) in [6.45, 7) is 0. The molecule has 8 nitrogen and oxygen atoms in total. The van der Waals surface area contributed by atoms with E-state index in [-0.39, 0.29) is 11.9 Å². The predicted octanol–water partition coefficient (Wildman–Crippen LogP) is 4.31. The van der Waals surface area contributed by atoms with Crippen LogP contribution in [0.3, 0.4) is 0 Å². The van der Waals surface area contributed by atoms with Crippen molar-refractivity contribution in [3.05, 3.63) is 84.4 Å². The fourth-order valence-electron chi connectivity index (χ4n) is 3.15. The Morgan fingerprint density at radius 1 is 0.875 bits per heavy atom. The zero-order chi connectivity index (χ0) is 22.5. The van der Waals surface area contributed by atoms with Crippen molar-refractivity contribution in [2.24, 2.45) is 0 Å². The maximum Gasteiger partial charge on any atom is 0.255 e. The zero-order valence-electron chi connectivity index (χ0n) is 17.4. The van der Waals surface area contributed by atoms with E-state index in [0.717, 1.165) is 11.3 Å². The van der Waals surface area contributed by atoms with E-state index < -0.39 is 0 Å². The van der Waals surface area contributed by atoms with Crippen LogP contribution in [0.2, 0.25) is 0 Å². The lowest BCUT2D eigenvalue weighted by Crippen LogP contribution is -2.11. The molecule has 160 valence electrons. The van der Waals surface area contributed by atoms with Gasteiger partial charge in [-0.05, 0) is 60.7 Å². The summed E-state index contributed by atoms with van der Waals surface area (Å²) in [6.07, 6.45) is 0. The first-order valence-corrected chi connectivity index (χ1v) is 9.84. The van der Waals surface area contributed by atoms with Gasteiger partial charge in [0.1, 0.15) is 11.6 Å². The molecular weight excluding hydrogens is 404 g/mol. The van der Waals surface area contributed by atoms with Crippen LogP contribution < -0.4 is 26.8 Å². The van der Waals surface area contributed by atoms with Crippen LogP contribution in [-0.4, -0.2) is 23.0 Å². The average molecular weight is 426 g/mol. The van der Waals surface area contributed by atoms with E-state index in [0.29, 0.717) is 34.2 Å². The lowest BCUT2D eigenvalue weighted by molar-refractivity contribution is 0.102. The van der Waals surface area contributed by atoms with Gasteiger partial charge < -0.3 is 26.8 Å². The van der Waals surface area contributed by atoms with Gasteiger partial charge in [0.2, 0.25) is 5.95 Å². The van der Waals surface area contributed by atoms with Gasteiger partial charge in [-0.2, -0.15) is 4.98 Å². The first-order chi connectivity index (χ1) is 15.5. The zero-order valence-corrected chi connectivity index (χ0v) is 17.4. The van der Waals surface area contributed by atoms with E-state index in [2.05, 4.69) is 20.6 Å². The summed E-state index contributed by atoms with van der Waals surface area (Å²) >= 11 is 0. The molecular formula is C24H22N6O2. The Morgan fingerprint density at radius 3 is 2.28 bits per heavy atom. The number of hydrogen-bond acceptors (Lipinski definition) is 7.